The van der Waals surface area contributed by atoms with Crippen LogP contribution in [-0.2, 0) is 9.59 Å². The minimum atomic E-state index is -0.600. The lowest BCUT2D eigenvalue weighted by molar-refractivity contribution is -0.124. The molecule has 1 heterocycles. The maximum atomic E-state index is 12.4. The lowest BCUT2D eigenvalue weighted by atomic mass is 9.82. The molecule has 0 spiro atoms. The van der Waals surface area contributed by atoms with Gasteiger partial charge in [0.1, 0.15) is 6.04 Å². The fourth-order valence-corrected chi connectivity index (χ4v) is 3.69. The van der Waals surface area contributed by atoms with Crippen LogP contribution >= 0.6 is 0 Å². The molecule has 1 aliphatic heterocycles. The SMILES string of the molecule is O=C1CC[C@@H](C(=O)NC2(C3CCCCC3)CC2)NC(=O)N1. The van der Waals surface area contributed by atoms with Gasteiger partial charge in [-0.3, -0.25) is 14.9 Å². The zero-order valence-corrected chi connectivity index (χ0v) is 12.2. The van der Waals surface area contributed by atoms with E-state index in [1.54, 1.807) is 0 Å². The zero-order chi connectivity index (χ0) is 14.9. The van der Waals surface area contributed by atoms with Gasteiger partial charge in [-0.15, -0.1) is 0 Å². The van der Waals surface area contributed by atoms with Gasteiger partial charge in [0.05, 0.1) is 0 Å². The van der Waals surface area contributed by atoms with Crippen molar-refractivity contribution < 1.29 is 14.4 Å². The molecule has 6 nitrogen and oxygen atoms in total. The van der Waals surface area contributed by atoms with E-state index in [0.29, 0.717) is 12.3 Å². The molecule has 0 radical (unpaired) electrons. The van der Waals surface area contributed by atoms with E-state index in [4.69, 9.17) is 0 Å². The van der Waals surface area contributed by atoms with Crippen LogP contribution in [0.2, 0.25) is 0 Å². The first-order valence-electron chi connectivity index (χ1n) is 8.01. The summed E-state index contributed by atoms with van der Waals surface area (Å²) in [4.78, 5) is 35.2. The van der Waals surface area contributed by atoms with Gasteiger partial charge in [-0.1, -0.05) is 19.3 Å². The maximum Gasteiger partial charge on any atom is 0.322 e. The minimum absolute atomic E-state index is 0.0357. The van der Waals surface area contributed by atoms with Gasteiger partial charge in [0, 0.05) is 12.0 Å². The zero-order valence-electron chi connectivity index (χ0n) is 12.2. The number of carbonyl (C=O) groups is 3. The molecule has 6 heteroatoms. The number of urea groups is 1. The second-order valence-corrected chi connectivity index (χ2v) is 6.59. The van der Waals surface area contributed by atoms with Crippen LogP contribution in [0.25, 0.3) is 0 Å². The summed E-state index contributed by atoms with van der Waals surface area (Å²) in [6.07, 6.45) is 8.84. The Morgan fingerprint density at radius 1 is 1.10 bits per heavy atom. The van der Waals surface area contributed by atoms with Crippen molar-refractivity contribution in [1.29, 1.82) is 0 Å². The normalized spacial score (nSPS) is 29.0. The van der Waals surface area contributed by atoms with Crippen molar-refractivity contribution in [2.75, 3.05) is 0 Å². The van der Waals surface area contributed by atoms with Crippen molar-refractivity contribution in [2.24, 2.45) is 5.92 Å². The number of amides is 4. The minimum Gasteiger partial charge on any atom is -0.349 e. The number of nitrogens with one attached hydrogen (secondary N) is 3. The summed E-state index contributed by atoms with van der Waals surface area (Å²) in [5.41, 5.74) is -0.0357. The quantitative estimate of drug-likeness (QED) is 0.730. The molecule has 116 valence electrons. The molecule has 0 aromatic carbocycles. The van der Waals surface area contributed by atoms with Gasteiger partial charge in [0.25, 0.3) is 0 Å². The molecule has 0 bridgehead atoms. The number of carbonyl (C=O) groups excluding carboxylic acids is 3. The van der Waals surface area contributed by atoms with Crippen LogP contribution in [0.1, 0.15) is 57.8 Å². The van der Waals surface area contributed by atoms with Gasteiger partial charge in [-0.25, -0.2) is 4.79 Å². The summed E-state index contributed by atoms with van der Waals surface area (Å²) in [6, 6.07) is -1.17. The van der Waals surface area contributed by atoms with Crippen LogP contribution in [0.3, 0.4) is 0 Å². The van der Waals surface area contributed by atoms with Crippen LogP contribution in [0, 0.1) is 5.92 Å². The Kier molecular flexibility index (Phi) is 3.87. The van der Waals surface area contributed by atoms with Gasteiger partial charge < -0.3 is 10.6 Å². The van der Waals surface area contributed by atoms with Gasteiger partial charge in [0.2, 0.25) is 11.8 Å². The predicted molar refractivity (Wildman–Crippen MR) is 76.4 cm³/mol. The molecule has 1 saturated heterocycles. The number of rotatable bonds is 3. The van der Waals surface area contributed by atoms with Crippen LogP contribution in [-0.4, -0.2) is 29.4 Å². The third kappa shape index (κ3) is 3.19. The number of hydrogen-bond donors (Lipinski definition) is 3. The highest BCUT2D eigenvalue weighted by atomic mass is 16.2. The first-order chi connectivity index (χ1) is 10.1. The summed E-state index contributed by atoms with van der Waals surface area (Å²) in [5, 5.41) is 7.96. The molecule has 0 aromatic heterocycles. The van der Waals surface area contributed by atoms with Gasteiger partial charge in [-0.2, -0.15) is 0 Å². The first kappa shape index (κ1) is 14.4. The second-order valence-electron chi connectivity index (χ2n) is 6.59. The van der Waals surface area contributed by atoms with Crippen molar-refractivity contribution >= 4 is 17.8 Å². The molecule has 0 unspecified atom stereocenters. The van der Waals surface area contributed by atoms with E-state index in [2.05, 4.69) is 16.0 Å². The Bertz CT molecular complexity index is 453. The molecular formula is C15H23N3O3. The van der Waals surface area contributed by atoms with E-state index >= 15 is 0 Å². The highest BCUT2D eigenvalue weighted by Gasteiger charge is 2.50. The molecule has 1 atom stereocenters. The molecule has 4 amide bonds. The second kappa shape index (κ2) is 5.66. The molecule has 2 aliphatic carbocycles. The van der Waals surface area contributed by atoms with Crippen molar-refractivity contribution in [3.05, 3.63) is 0 Å². The number of hydrogen-bond acceptors (Lipinski definition) is 3. The molecule has 0 aromatic rings. The van der Waals surface area contributed by atoms with E-state index < -0.39 is 12.1 Å². The van der Waals surface area contributed by atoms with E-state index in [1.165, 1.54) is 32.1 Å². The summed E-state index contributed by atoms with van der Waals surface area (Å²) >= 11 is 0. The topological polar surface area (TPSA) is 87.3 Å². The molecule has 3 aliphatic rings. The largest absolute Gasteiger partial charge is 0.349 e. The van der Waals surface area contributed by atoms with Gasteiger partial charge >= 0.3 is 6.03 Å². The van der Waals surface area contributed by atoms with E-state index in [-0.39, 0.29) is 23.8 Å². The summed E-state index contributed by atoms with van der Waals surface area (Å²) < 4.78 is 0. The highest BCUT2D eigenvalue weighted by molar-refractivity contribution is 5.98. The first-order valence-corrected chi connectivity index (χ1v) is 8.01. The predicted octanol–water partition coefficient (Wildman–Crippen LogP) is 1.20. The van der Waals surface area contributed by atoms with Crippen molar-refractivity contribution in [2.45, 2.75) is 69.4 Å². The maximum absolute atomic E-state index is 12.4. The van der Waals surface area contributed by atoms with Crippen LogP contribution in [0.4, 0.5) is 4.79 Å². The van der Waals surface area contributed by atoms with Crippen LogP contribution < -0.4 is 16.0 Å². The molecule has 3 N–H and O–H groups in total. The van der Waals surface area contributed by atoms with Crippen molar-refractivity contribution in [3.8, 4) is 0 Å². The van der Waals surface area contributed by atoms with Gasteiger partial charge in [-0.05, 0) is 38.0 Å². The Morgan fingerprint density at radius 2 is 1.81 bits per heavy atom. The summed E-state index contributed by atoms with van der Waals surface area (Å²) in [5.74, 6) is 0.121. The Hall–Kier alpha value is -1.59. The van der Waals surface area contributed by atoms with E-state index in [0.717, 1.165) is 12.8 Å². The molecule has 2 saturated carbocycles. The third-order valence-corrected chi connectivity index (χ3v) is 5.08. The summed E-state index contributed by atoms with van der Waals surface area (Å²) in [6.45, 7) is 0. The van der Waals surface area contributed by atoms with E-state index in [1.807, 2.05) is 0 Å². The smallest absolute Gasteiger partial charge is 0.322 e. The Balaban J connectivity index is 1.60. The lowest BCUT2D eigenvalue weighted by Crippen LogP contribution is -2.53. The fourth-order valence-electron chi connectivity index (χ4n) is 3.69. The Morgan fingerprint density at radius 3 is 2.48 bits per heavy atom. The summed E-state index contributed by atoms with van der Waals surface area (Å²) in [7, 11) is 0. The number of imide groups is 1. The van der Waals surface area contributed by atoms with Crippen molar-refractivity contribution in [1.82, 2.24) is 16.0 Å². The molecule has 21 heavy (non-hydrogen) atoms. The molecular weight excluding hydrogens is 270 g/mol. The van der Waals surface area contributed by atoms with E-state index in [9.17, 15) is 14.4 Å². The molecule has 3 fully saturated rings. The van der Waals surface area contributed by atoms with Crippen LogP contribution in [0.15, 0.2) is 0 Å². The third-order valence-electron chi connectivity index (χ3n) is 5.08. The average Bonchev–Trinajstić information content (AvgIpc) is 3.26. The van der Waals surface area contributed by atoms with Crippen molar-refractivity contribution in [3.63, 3.8) is 0 Å². The lowest BCUT2D eigenvalue weighted by Gasteiger charge is -2.32. The van der Waals surface area contributed by atoms with Gasteiger partial charge in [0.15, 0.2) is 0 Å². The standard InChI is InChI=1S/C15H23N3O3/c19-12-7-6-11(16-14(21)17-12)13(20)18-15(8-9-15)10-4-2-1-3-5-10/h10-11H,1-9H2,(H,18,20)(H2,16,17,19,21)/t11-/m0/s1. The van der Waals surface area contributed by atoms with Crippen LogP contribution in [0.5, 0.6) is 0 Å². The molecule has 3 rings (SSSR count). The fraction of sp³-hybridized carbons (Fsp3) is 0.800. The Labute approximate surface area is 124 Å². The monoisotopic (exact) mass is 293 g/mol. The highest BCUT2D eigenvalue weighted by Crippen LogP contribution is 2.48. The average molecular weight is 293 g/mol.